The van der Waals surface area contributed by atoms with E-state index in [-0.39, 0.29) is 17.0 Å². The number of hydrogen-bond acceptors (Lipinski definition) is 5. The number of rotatable bonds is 6. The third kappa shape index (κ3) is 3.24. The summed E-state index contributed by atoms with van der Waals surface area (Å²) >= 11 is 5.72. The van der Waals surface area contributed by atoms with E-state index in [0.29, 0.717) is 0 Å². The van der Waals surface area contributed by atoms with E-state index >= 15 is 0 Å². The number of aliphatic hydroxyl groups excluding tert-OH is 2. The maximum absolute atomic E-state index is 12.1. The van der Waals surface area contributed by atoms with Gasteiger partial charge in [-0.25, -0.2) is 0 Å². The fourth-order valence-corrected chi connectivity index (χ4v) is 1.88. The predicted molar refractivity (Wildman–Crippen MR) is 72.8 cm³/mol. The molecule has 110 valence electrons. The fraction of sp³-hybridized carbons (Fsp3) is 0.417. The van der Waals surface area contributed by atoms with Gasteiger partial charge in [-0.15, -0.1) is 0 Å². The topological polar surface area (TPSA) is 113 Å². The van der Waals surface area contributed by atoms with Crippen LogP contribution in [0, 0.1) is 10.1 Å². The largest absolute Gasteiger partial charge is 0.394 e. The Balaban J connectivity index is 3.16. The summed E-state index contributed by atoms with van der Waals surface area (Å²) in [5.41, 5.74) is -1.96. The number of nitro benzene ring substituents is 1. The predicted octanol–water partition coefficient (Wildman–Crippen LogP) is 1.11. The normalized spacial score (nSPS) is 11.2. The van der Waals surface area contributed by atoms with Gasteiger partial charge in [0.25, 0.3) is 5.91 Å². The fourth-order valence-electron chi connectivity index (χ4n) is 1.63. The molecule has 1 aromatic rings. The van der Waals surface area contributed by atoms with E-state index in [2.05, 4.69) is 5.32 Å². The van der Waals surface area contributed by atoms with Gasteiger partial charge in [0.2, 0.25) is 0 Å². The van der Waals surface area contributed by atoms with Crippen LogP contribution in [0.1, 0.15) is 23.7 Å². The minimum Gasteiger partial charge on any atom is -0.394 e. The summed E-state index contributed by atoms with van der Waals surface area (Å²) in [5, 5.41) is 31.8. The number of nitrogens with zero attached hydrogens (tertiary/aromatic N) is 1. The van der Waals surface area contributed by atoms with E-state index in [4.69, 9.17) is 11.6 Å². The second-order valence-corrected chi connectivity index (χ2v) is 4.70. The van der Waals surface area contributed by atoms with Crippen molar-refractivity contribution < 1.29 is 19.9 Å². The second-order valence-electron chi connectivity index (χ2n) is 4.30. The van der Waals surface area contributed by atoms with E-state index in [1.165, 1.54) is 18.2 Å². The van der Waals surface area contributed by atoms with E-state index in [0.717, 1.165) is 0 Å². The molecule has 0 aliphatic rings. The maximum atomic E-state index is 12.1. The van der Waals surface area contributed by atoms with Gasteiger partial charge in [0.05, 0.1) is 23.7 Å². The number of benzene rings is 1. The third-order valence-corrected chi connectivity index (χ3v) is 3.38. The number of carbonyl (C=O) groups is 1. The number of halogens is 1. The van der Waals surface area contributed by atoms with Gasteiger partial charge in [0, 0.05) is 0 Å². The van der Waals surface area contributed by atoms with Crippen molar-refractivity contribution in [3.8, 4) is 0 Å². The van der Waals surface area contributed by atoms with Crippen molar-refractivity contribution >= 4 is 23.2 Å². The summed E-state index contributed by atoms with van der Waals surface area (Å²) in [6.07, 6.45) is 0.264. The first-order valence-electron chi connectivity index (χ1n) is 5.88. The lowest BCUT2D eigenvalue weighted by molar-refractivity contribution is -0.385. The van der Waals surface area contributed by atoms with Crippen LogP contribution in [-0.2, 0) is 0 Å². The molecule has 0 heterocycles. The van der Waals surface area contributed by atoms with E-state index in [1.54, 1.807) is 6.92 Å². The lowest BCUT2D eigenvalue weighted by atomic mass is 9.97. The van der Waals surface area contributed by atoms with Crippen LogP contribution in [0.5, 0.6) is 0 Å². The van der Waals surface area contributed by atoms with Gasteiger partial charge in [-0.2, -0.15) is 0 Å². The molecule has 0 atom stereocenters. The Labute approximate surface area is 120 Å². The Morgan fingerprint density at radius 1 is 1.45 bits per heavy atom. The van der Waals surface area contributed by atoms with Crippen molar-refractivity contribution in [2.45, 2.75) is 18.9 Å². The molecule has 1 amide bonds. The molecule has 0 aliphatic carbocycles. The van der Waals surface area contributed by atoms with Crippen molar-refractivity contribution in [3.63, 3.8) is 0 Å². The zero-order chi connectivity index (χ0) is 15.3. The minimum atomic E-state index is -1.23. The van der Waals surface area contributed by atoms with Gasteiger partial charge in [0.15, 0.2) is 0 Å². The molecule has 0 saturated heterocycles. The van der Waals surface area contributed by atoms with Gasteiger partial charge < -0.3 is 15.5 Å². The quantitative estimate of drug-likeness (QED) is 0.538. The van der Waals surface area contributed by atoms with E-state index in [1.807, 2.05) is 0 Å². The Bertz CT molecular complexity index is 508. The molecule has 1 rings (SSSR count). The first-order chi connectivity index (χ1) is 9.40. The zero-order valence-corrected chi connectivity index (χ0v) is 11.6. The van der Waals surface area contributed by atoms with Crippen LogP contribution in [0.3, 0.4) is 0 Å². The van der Waals surface area contributed by atoms with Crippen LogP contribution in [0.4, 0.5) is 5.69 Å². The summed E-state index contributed by atoms with van der Waals surface area (Å²) in [7, 11) is 0. The highest BCUT2D eigenvalue weighted by Crippen LogP contribution is 2.28. The van der Waals surface area contributed by atoms with Crippen molar-refractivity contribution in [1.29, 1.82) is 0 Å². The number of hydrogen-bond donors (Lipinski definition) is 3. The monoisotopic (exact) mass is 302 g/mol. The van der Waals surface area contributed by atoms with Crippen LogP contribution in [0.25, 0.3) is 0 Å². The highest BCUT2D eigenvalue weighted by atomic mass is 35.5. The molecule has 0 spiro atoms. The number of amides is 1. The van der Waals surface area contributed by atoms with E-state index in [9.17, 15) is 25.1 Å². The average Bonchev–Trinajstić information content (AvgIpc) is 2.44. The standard InChI is InChI=1S/C12H15ClN2O5/c1-2-12(6-16,7-17)14-11(18)8-4-3-5-9(13)10(8)15(19)20/h3-5,16-17H,2,6-7H2,1H3,(H,14,18). The average molecular weight is 303 g/mol. The van der Waals surface area contributed by atoms with Crippen LogP contribution < -0.4 is 5.32 Å². The smallest absolute Gasteiger partial charge is 0.300 e. The highest BCUT2D eigenvalue weighted by molar-refractivity contribution is 6.33. The van der Waals surface area contributed by atoms with Crippen LogP contribution in [-0.4, -0.2) is 39.8 Å². The maximum Gasteiger partial charge on any atom is 0.300 e. The summed E-state index contributed by atoms with van der Waals surface area (Å²) in [5.74, 6) is -0.774. The lowest BCUT2D eigenvalue weighted by Crippen LogP contribution is -2.53. The molecular weight excluding hydrogens is 288 g/mol. The van der Waals surface area contributed by atoms with Crippen LogP contribution in [0.2, 0.25) is 5.02 Å². The van der Waals surface area contributed by atoms with Crippen LogP contribution >= 0.6 is 11.6 Å². The van der Waals surface area contributed by atoms with Gasteiger partial charge in [-0.3, -0.25) is 14.9 Å². The summed E-state index contributed by atoms with van der Waals surface area (Å²) in [6, 6.07) is 3.98. The Morgan fingerprint density at radius 2 is 2.05 bits per heavy atom. The number of para-hydroxylation sites is 1. The number of nitro groups is 1. The van der Waals surface area contributed by atoms with Crippen molar-refractivity contribution in [1.82, 2.24) is 5.32 Å². The summed E-state index contributed by atoms with van der Waals surface area (Å²) in [6.45, 7) is 0.694. The number of nitrogens with one attached hydrogen (secondary N) is 1. The molecule has 0 fully saturated rings. The SMILES string of the molecule is CCC(CO)(CO)NC(=O)c1cccc(Cl)c1[N+](=O)[O-]. The first kappa shape index (κ1) is 16.4. The second kappa shape index (κ2) is 6.65. The van der Waals surface area contributed by atoms with Gasteiger partial charge in [-0.1, -0.05) is 24.6 Å². The molecule has 0 radical (unpaired) electrons. The van der Waals surface area contributed by atoms with E-state index < -0.39 is 35.3 Å². The van der Waals surface area contributed by atoms with Gasteiger partial charge in [-0.05, 0) is 18.6 Å². The molecule has 1 aromatic carbocycles. The minimum absolute atomic E-state index is 0.155. The zero-order valence-electron chi connectivity index (χ0n) is 10.8. The number of aliphatic hydroxyl groups is 2. The van der Waals surface area contributed by atoms with Crippen molar-refractivity contribution in [2.75, 3.05) is 13.2 Å². The van der Waals surface area contributed by atoms with Crippen molar-refractivity contribution in [3.05, 3.63) is 38.9 Å². The molecule has 7 nitrogen and oxygen atoms in total. The molecular formula is C12H15ClN2O5. The molecule has 0 saturated carbocycles. The molecule has 0 unspecified atom stereocenters. The first-order valence-corrected chi connectivity index (χ1v) is 6.25. The van der Waals surface area contributed by atoms with Gasteiger partial charge in [0.1, 0.15) is 10.6 Å². The van der Waals surface area contributed by atoms with Crippen LogP contribution in [0.15, 0.2) is 18.2 Å². The molecule has 3 N–H and O–H groups in total. The highest BCUT2D eigenvalue weighted by Gasteiger charge is 2.32. The van der Waals surface area contributed by atoms with Crippen molar-refractivity contribution in [2.24, 2.45) is 0 Å². The molecule has 0 aromatic heterocycles. The molecule has 0 aliphatic heterocycles. The molecule has 20 heavy (non-hydrogen) atoms. The summed E-state index contributed by atoms with van der Waals surface area (Å²) in [4.78, 5) is 22.3. The summed E-state index contributed by atoms with van der Waals surface area (Å²) < 4.78 is 0. The Hall–Kier alpha value is -1.70. The molecule has 8 heteroatoms. The molecule has 0 bridgehead atoms. The lowest BCUT2D eigenvalue weighted by Gasteiger charge is -2.29. The third-order valence-electron chi connectivity index (χ3n) is 3.07. The Kier molecular flexibility index (Phi) is 5.43. The Morgan fingerprint density at radius 3 is 2.50 bits per heavy atom. The number of carbonyl (C=O) groups excluding carboxylic acids is 1. The van der Waals surface area contributed by atoms with Gasteiger partial charge >= 0.3 is 5.69 Å².